The summed E-state index contributed by atoms with van der Waals surface area (Å²) in [5.41, 5.74) is 1.44. The first-order valence-electron chi connectivity index (χ1n) is 8.17. The third-order valence-corrected chi connectivity index (χ3v) is 4.35. The first-order chi connectivity index (χ1) is 12.4. The fraction of sp³-hybridized carbons (Fsp3) is 0.263. The number of nitrogens with one attached hydrogen (secondary N) is 1. The van der Waals surface area contributed by atoms with Gasteiger partial charge in [0, 0.05) is 10.7 Å². The minimum Gasteiger partial charge on any atom is -0.484 e. The van der Waals surface area contributed by atoms with E-state index in [1.807, 2.05) is 6.92 Å². The summed E-state index contributed by atoms with van der Waals surface area (Å²) < 4.78 is 19.0. The molecule has 136 valence electrons. The number of para-hydroxylation sites is 1. The molecule has 1 aliphatic rings. The van der Waals surface area contributed by atoms with Crippen LogP contribution in [0.25, 0.3) is 0 Å². The Kier molecular flexibility index (Phi) is 5.42. The van der Waals surface area contributed by atoms with Crippen LogP contribution in [0, 0.1) is 12.7 Å². The van der Waals surface area contributed by atoms with Crippen molar-refractivity contribution in [2.24, 2.45) is 0 Å². The Hall–Kier alpha value is -2.60. The van der Waals surface area contributed by atoms with Gasteiger partial charge in [-0.25, -0.2) is 4.39 Å². The van der Waals surface area contributed by atoms with Crippen LogP contribution in [0.1, 0.15) is 12.0 Å². The van der Waals surface area contributed by atoms with Crippen molar-refractivity contribution in [3.8, 4) is 5.75 Å². The Morgan fingerprint density at radius 1 is 1.27 bits per heavy atom. The van der Waals surface area contributed by atoms with Crippen LogP contribution in [0.2, 0.25) is 5.02 Å². The van der Waals surface area contributed by atoms with Crippen molar-refractivity contribution in [3.05, 3.63) is 58.9 Å². The van der Waals surface area contributed by atoms with Crippen molar-refractivity contribution < 1.29 is 18.7 Å². The summed E-state index contributed by atoms with van der Waals surface area (Å²) in [4.78, 5) is 25.7. The standard InChI is InChI=1S/C19H18ClFN2O3/c1-12-6-7-13(20)8-16(12)22-18(24)9-19(25)23-10-14(11-23)26-17-5-3-2-4-15(17)21/h2-8,14H,9-11H2,1H3,(H,22,24). The van der Waals surface area contributed by atoms with E-state index in [1.165, 1.54) is 11.0 Å². The third kappa shape index (κ3) is 4.32. The van der Waals surface area contributed by atoms with Gasteiger partial charge in [0.25, 0.3) is 0 Å². The summed E-state index contributed by atoms with van der Waals surface area (Å²) in [5, 5.41) is 3.20. The molecule has 0 radical (unpaired) electrons. The second kappa shape index (κ2) is 7.74. The van der Waals surface area contributed by atoms with E-state index in [0.29, 0.717) is 23.8 Å². The highest BCUT2D eigenvalue weighted by Crippen LogP contribution is 2.22. The lowest BCUT2D eigenvalue weighted by atomic mass is 10.1. The summed E-state index contributed by atoms with van der Waals surface area (Å²) in [6.45, 7) is 2.50. The third-order valence-electron chi connectivity index (χ3n) is 4.12. The lowest BCUT2D eigenvalue weighted by Gasteiger charge is -2.38. The van der Waals surface area contributed by atoms with Gasteiger partial charge in [-0.2, -0.15) is 0 Å². The van der Waals surface area contributed by atoms with Crippen LogP contribution >= 0.6 is 11.6 Å². The molecule has 1 N–H and O–H groups in total. The SMILES string of the molecule is Cc1ccc(Cl)cc1NC(=O)CC(=O)N1CC(Oc2ccccc2F)C1. The molecule has 3 rings (SSSR count). The molecule has 1 aliphatic heterocycles. The molecule has 7 heteroatoms. The molecule has 2 aromatic rings. The fourth-order valence-corrected chi connectivity index (χ4v) is 2.78. The van der Waals surface area contributed by atoms with Crippen LogP contribution in [0.3, 0.4) is 0 Å². The van der Waals surface area contributed by atoms with E-state index in [4.69, 9.17) is 16.3 Å². The molecule has 5 nitrogen and oxygen atoms in total. The van der Waals surface area contributed by atoms with Gasteiger partial charge < -0.3 is 15.0 Å². The van der Waals surface area contributed by atoms with Gasteiger partial charge >= 0.3 is 0 Å². The average Bonchev–Trinajstić information content (AvgIpc) is 2.55. The Balaban J connectivity index is 1.47. The van der Waals surface area contributed by atoms with E-state index >= 15 is 0 Å². The second-order valence-electron chi connectivity index (χ2n) is 6.15. The van der Waals surface area contributed by atoms with E-state index in [9.17, 15) is 14.0 Å². The first-order valence-corrected chi connectivity index (χ1v) is 8.55. The number of ether oxygens (including phenoxy) is 1. The van der Waals surface area contributed by atoms with Gasteiger partial charge in [-0.3, -0.25) is 9.59 Å². The summed E-state index contributed by atoms with van der Waals surface area (Å²) in [5.74, 6) is -0.971. The molecule has 0 aliphatic carbocycles. The van der Waals surface area contributed by atoms with Crippen molar-refractivity contribution in [2.45, 2.75) is 19.4 Å². The average molecular weight is 377 g/mol. The molecule has 0 saturated carbocycles. The van der Waals surface area contributed by atoms with Crippen LogP contribution in [0.5, 0.6) is 5.75 Å². The highest BCUT2D eigenvalue weighted by atomic mass is 35.5. The summed E-state index contributed by atoms with van der Waals surface area (Å²) >= 11 is 5.91. The molecule has 1 saturated heterocycles. The molecule has 0 bridgehead atoms. The molecule has 1 fully saturated rings. The van der Waals surface area contributed by atoms with Crippen molar-refractivity contribution in [1.29, 1.82) is 0 Å². The summed E-state index contributed by atoms with van der Waals surface area (Å²) in [7, 11) is 0. The minimum atomic E-state index is -0.437. The van der Waals surface area contributed by atoms with Gasteiger partial charge in [-0.1, -0.05) is 29.8 Å². The number of anilines is 1. The van der Waals surface area contributed by atoms with Crippen molar-refractivity contribution in [3.63, 3.8) is 0 Å². The molecular formula is C19H18ClFN2O3. The van der Waals surface area contributed by atoms with Gasteiger partial charge in [0.2, 0.25) is 11.8 Å². The molecule has 0 unspecified atom stereocenters. The number of carbonyl (C=O) groups is 2. The van der Waals surface area contributed by atoms with Crippen molar-refractivity contribution >= 4 is 29.1 Å². The Bertz CT molecular complexity index is 837. The molecular weight excluding hydrogens is 359 g/mol. The van der Waals surface area contributed by atoms with Crippen LogP contribution in [-0.4, -0.2) is 35.9 Å². The van der Waals surface area contributed by atoms with Crippen molar-refractivity contribution in [2.75, 3.05) is 18.4 Å². The Morgan fingerprint density at radius 2 is 2.00 bits per heavy atom. The molecule has 0 aromatic heterocycles. The van der Waals surface area contributed by atoms with E-state index in [-0.39, 0.29) is 24.2 Å². The topological polar surface area (TPSA) is 58.6 Å². The number of aryl methyl sites for hydroxylation is 1. The molecule has 2 amide bonds. The predicted molar refractivity (Wildman–Crippen MR) is 96.8 cm³/mol. The Morgan fingerprint density at radius 3 is 2.73 bits per heavy atom. The zero-order valence-electron chi connectivity index (χ0n) is 14.2. The summed E-state index contributed by atoms with van der Waals surface area (Å²) in [6.07, 6.45) is -0.535. The number of nitrogens with zero attached hydrogens (tertiary/aromatic N) is 1. The van der Waals surface area contributed by atoms with Gasteiger partial charge in [-0.05, 0) is 36.8 Å². The predicted octanol–water partition coefficient (Wildman–Crippen LogP) is 3.41. The highest BCUT2D eigenvalue weighted by molar-refractivity contribution is 6.31. The number of amides is 2. The second-order valence-corrected chi connectivity index (χ2v) is 6.59. The van der Waals surface area contributed by atoms with E-state index < -0.39 is 11.7 Å². The summed E-state index contributed by atoms with van der Waals surface area (Å²) in [6, 6.07) is 11.3. The minimum absolute atomic E-state index is 0.166. The molecule has 2 aromatic carbocycles. The van der Waals surface area contributed by atoms with E-state index in [0.717, 1.165) is 5.56 Å². The number of likely N-dealkylation sites (tertiary alicyclic amines) is 1. The number of rotatable bonds is 5. The number of carbonyl (C=O) groups excluding carboxylic acids is 2. The monoisotopic (exact) mass is 376 g/mol. The Labute approximate surface area is 155 Å². The first kappa shape index (κ1) is 18.2. The number of hydrogen-bond donors (Lipinski definition) is 1. The molecule has 1 heterocycles. The van der Waals surface area contributed by atoms with Crippen LogP contribution in [-0.2, 0) is 9.59 Å². The van der Waals surface area contributed by atoms with Crippen LogP contribution in [0.4, 0.5) is 10.1 Å². The quantitative estimate of drug-likeness (QED) is 0.813. The molecule has 26 heavy (non-hydrogen) atoms. The maximum Gasteiger partial charge on any atom is 0.233 e. The lowest BCUT2D eigenvalue weighted by molar-refractivity contribution is -0.142. The molecule has 0 atom stereocenters. The largest absolute Gasteiger partial charge is 0.484 e. The van der Waals surface area contributed by atoms with Gasteiger partial charge in [0.1, 0.15) is 12.5 Å². The van der Waals surface area contributed by atoms with Crippen molar-refractivity contribution in [1.82, 2.24) is 4.90 Å². The fourth-order valence-electron chi connectivity index (χ4n) is 2.61. The zero-order valence-corrected chi connectivity index (χ0v) is 14.9. The van der Waals surface area contributed by atoms with Gasteiger partial charge in [0.05, 0.1) is 13.1 Å². The lowest BCUT2D eigenvalue weighted by Crippen LogP contribution is -2.56. The highest BCUT2D eigenvalue weighted by Gasteiger charge is 2.33. The van der Waals surface area contributed by atoms with Crippen LogP contribution < -0.4 is 10.1 Å². The van der Waals surface area contributed by atoms with Gasteiger partial charge in [0.15, 0.2) is 11.6 Å². The number of halogens is 2. The van der Waals surface area contributed by atoms with Crippen LogP contribution in [0.15, 0.2) is 42.5 Å². The molecule has 0 spiro atoms. The van der Waals surface area contributed by atoms with Gasteiger partial charge in [-0.15, -0.1) is 0 Å². The normalized spacial score (nSPS) is 13.9. The van der Waals surface area contributed by atoms with E-state index in [2.05, 4.69) is 5.32 Å². The number of hydrogen-bond acceptors (Lipinski definition) is 3. The number of benzene rings is 2. The van der Waals surface area contributed by atoms with E-state index in [1.54, 1.807) is 36.4 Å². The zero-order chi connectivity index (χ0) is 18.7. The smallest absolute Gasteiger partial charge is 0.233 e. The maximum absolute atomic E-state index is 13.5. The maximum atomic E-state index is 13.5.